The lowest BCUT2D eigenvalue weighted by Crippen LogP contribution is -2.29. The van der Waals surface area contributed by atoms with Crippen LogP contribution in [0.1, 0.15) is 25.6 Å². The first-order chi connectivity index (χ1) is 11.6. The molecular formula is C16H22ClN5O2. The normalized spacial score (nSPS) is 12.3. The van der Waals surface area contributed by atoms with Gasteiger partial charge < -0.3 is 15.6 Å². The quantitative estimate of drug-likeness (QED) is 0.533. The molecule has 130 valence electrons. The number of carbonyl (C=O) groups excluding carboxylic acids is 1. The summed E-state index contributed by atoms with van der Waals surface area (Å²) in [4.78, 5) is 31.3. The zero-order chi connectivity index (χ0) is 17.5. The van der Waals surface area contributed by atoms with E-state index in [1.54, 1.807) is 0 Å². The van der Waals surface area contributed by atoms with E-state index in [4.69, 9.17) is 17.3 Å². The second-order valence-electron chi connectivity index (χ2n) is 5.64. The molecule has 0 aliphatic rings. The number of imidazole rings is 1. The Labute approximate surface area is 145 Å². The summed E-state index contributed by atoms with van der Waals surface area (Å²) in [6.07, 6.45) is 1.84. The Bertz CT molecular complexity index is 697. The number of aromatic amines is 1. The van der Waals surface area contributed by atoms with Gasteiger partial charge in [0, 0.05) is 36.3 Å². The number of rotatable bonds is 9. The van der Waals surface area contributed by atoms with Gasteiger partial charge in [-0.15, -0.1) is 16.5 Å². The van der Waals surface area contributed by atoms with Gasteiger partial charge in [-0.05, 0) is 31.0 Å². The number of hydrogen-bond acceptors (Lipinski definition) is 5. The molecule has 0 aliphatic carbocycles. The van der Waals surface area contributed by atoms with Crippen LogP contribution < -0.4 is 10.6 Å². The lowest BCUT2D eigenvalue weighted by Gasteiger charge is -2.23. The molecule has 0 fully saturated rings. The van der Waals surface area contributed by atoms with Crippen LogP contribution in [0, 0.1) is 4.91 Å². The van der Waals surface area contributed by atoms with E-state index in [0.717, 1.165) is 42.1 Å². The number of halogens is 1. The molecule has 0 radical (unpaired) electrons. The lowest BCUT2D eigenvalue weighted by molar-refractivity contribution is -0.119. The number of nitrogens with zero attached hydrogens (tertiary/aromatic N) is 3. The number of nitrogens with two attached hydrogens (primary N) is 1. The van der Waals surface area contributed by atoms with Crippen molar-refractivity contribution in [3.05, 3.63) is 28.9 Å². The Morgan fingerprint density at radius 3 is 2.92 bits per heavy atom. The molecule has 2 rings (SSSR count). The first kappa shape index (κ1) is 18.4. The fourth-order valence-corrected chi connectivity index (χ4v) is 2.79. The molecule has 8 heteroatoms. The molecule has 2 aromatic rings. The Balaban J connectivity index is 2.13. The molecule has 1 heterocycles. The fraction of sp³-hybridized carbons (Fsp3) is 0.500. The number of fused-ring (bicyclic) bond motifs is 1. The van der Waals surface area contributed by atoms with E-state index >= 15 is 0 Å². The van der Waals surface area contributed by atoms with E-state index in [1.165, 1.54) is 0 Å². The van der Waals surface area contributed by atoms with Gasteiger partial charge >= 0.3 is 5.91 Å². The maximum atomic E-state index is 11.1. The largest absolute Gasteiger partial charge is 0.370 e. The van der Waals surface area contributed by atoms with Crippen LogP contribution in [0.4, 0.5) is 5.69 Å². The van der Waals surface area contributed by atoms with Gasteiger partial charge in [0.1, 0.15) is 5.82 Å². The number of aromatic nitrogens is 2. The number of carbonyl (C=O) groups is 1. The van der Waals surface area contributed by atoms with Crippen LogP contribution in [-0.4, -0.2) is 40.9 Å². The fourth-order valence-electron chi connectivity index (χ4n) is 2.59. The summed E-state index contributed by atoms with van der Waals surface area (Å²) in [5.41, 5.74) is 8.45. The Morgan fingerprint density at radius 2 is 2.25 bits per heavy atom. The minimum atomic E-state index is -0.880. The van der Waals surface area contributed by atoms with Crippen LogP contribution >= 0.6 is 11.6 Å². The number of amides is 1. The molecule has 0 saturated heterocycles. The molecule has 3 N–H and O–H groups in total. The molecule has 1 aromatic carbocycles. The molecule has 7 nitrogen and oxygen atoms in total. The minimum absolute atomic E-state index is 0.325. The Morgan fingerprint density at radius 1 is 1.46 bits per heavy atom. The highest BCUT2D eigenvalue weighted by atomic mass is 35.5. The van der Waals surface area contributed by atoms with Gasteiger partial charge in [-0.25, -0.2) is 4.98 Å². The van der Waals surface area contributed by atoms with Crippen molar-refractivity contribution in [2.45, 2.75) is 32.2 Å². The van der Waals surface area contributed by atoms with Crippen LogP contribution in [0.15, 0.2) is 23.4 Å². The summed E-state index contributed by atoms with van der Waals surface area (Å²) in [6, 6.07) is 5.17. The minimum Gasteiger partial charge on any atom is -0.370 e. The summed E-state index contributed by atoms with van der Waals surface area (Å²) < 4.78 is 0. The highest BCUT2D eigenvalue weighted by molar-refractivity contribution is 6.18. The van der Waals surface area contributed by atoms with Gasteiger partial charge in [-0.1, -0.05) is 6.92 Å². The molecule has 0 unspecified atom stereocenters. The van der Waals surface area contributed by atoms with Gasteiger partial charge in [0.05, 0.1) is 17.1 Å². The van der Waals surface area contributed by atoms with Crippen LogP contribution in [0.3, 0.4) is 0 Å². The third-order valence-corrected chi connectivity index (χ3v) is 4.00. The van der Waals surface area contributed by atoms with Gasteiger partial charge in [0.25, 0.3) is 0 Å². The summed E-state index contributed by atoms with van der Waals surface area (Å²) in [5.74, 6) is 0.473. The number of H-pyrrole nitrogens is 1. The monoisotopic (exact) mass is 351 g/mol. The summed E-state index contributed by atoms with van der Waals surface area (Å²) in [7, 11) is 0. The van der Waals surface area contributed by atoms with Gasteiger partial charge in [0.15, 0.2) is 0 Å². The van der Waals surface area contributed by atoms with Crippen LogP contribution in [0.25, 0.3) is 11.0 Å². The molecule has 0 bridgehead atoms. The average molecular weight is 352 g/mol. The second kappa shape index (κ2) is 8.75. The van der Waals surface area contributed by atoms with Crippen molar-refractivity contribution in [2.75, 3.05) is 23.9 Å². The maximum Gasteiger partial charge on any atom is 0.302 e. The van der Waals surface area contributed by atoms with E-state index in [-0.39, 0.29) is 0 Å². The van der Waals surface area contributed by atoms with Crippen LogP contribution in [-0.2, 0) is 11.2 Å². The van der Waals surface area contributed by atoms with Crippen molar-refractivity contribution in [3.8, 4) is 0 Å². The molecule has 1 aromatic heterocycles. The standard InChI is InChI=1S/C16H22ClN5O2/c1-2-8-22(9-7-17)11-3-5-13-14(10-11)20-15(19-13)6-4-12(18)16(23)21-24/h3,5,10,12H,2,4,6-9,18H2,1H3,(H,19,20)/t12-/m0/s1. The lowest BCUT2D eigenvalue weighted by atomic mass is 10.1. The van der Waals surface area contributed by atoms with Gasteiger partial charge in [-0.3, -0.25) is 4.79 Å². The molecule has 0 aliphatic heterocycles. The molecule has 0 spiro atoms. The van der Waals surface area contributed by atoms with E-state index < -0.39 is 11.9 Å². The van der Waals surface area contributed by atoms with Crippen molar-refractivity contribution in [1.29, 1.82) is 0 Å². The zero-order valence-corrected chi connectivity index (χ0v) is 14.4. The average Bonchev–Trinajstić information content (AvgIpc) is 3.00. The second-order valence-corrected chi connectivity index (χ2v) is 6.01. The Hall–Kier alpha value is -1.99. The van der Waals surface area contributed by atoms with E-state index in [1.807, 2.05) is 18.2 Å². The third kappa shape index (κ3) is 4.52. The summed E-state index contributed by atoms with van der Waals surface area (Å²) >= 11 is 5.88. The predicted octanol–water partition coefficient (Wildman–Crippen LogP) is 2.57. The maximum absolute atomic E-state index is 11.1. The molecule has 24 heavy (non-hydrogen) atoms. The Kier molecular flexibility index (Phi) is 6.69. The number of nitroso groups, excluding NO2 is 1. The summed E-state index contributed by atoms with van der Waals surface area (Å²) in [6.45, 7) is 3.85. The van der Waals surface area contributed by atoms with Crippen LogP contribution in [0.5, 0.6) is 0 Å². The summed E-state index contributed by atoms with van der Waals surface area (Å²) in [5, 5.41) is 2.35. The number of anilines is 1. The molecule has 0 saturated carbocycles. The SMILES string of the molecule is CCCN(CCCl)c1ccc2[nH]c(CC[C@H](N)C(=O)N=O)nc2c1. The first-order valence-electron chi connectivity index (χ1n) is 8.01. The topological polar surface area (TPSA) is 104 Å². The predicted molar refractivity (Wildman–Crippen MR) is 96.4 cm³/mol. The third-order valence-electron chi connectivity index (χ3n) is 3.83. The number of nitrogens with one attached hydrogen (secondary N) is 1. The van der Waals surface area contributed by atoms with Crippen molar-refractivity contribution in [2.24, 2.45) is 10.9 Å². The number of alkyl halides is 1. The van der Waals surface area contributed by atoms with E-state index in [9.17, 15) is 9.70 Å². The van der Waals surface area contributed by atoms with Crippen molar-refractivity contribution in [1.82, 2.24) is 9.97 Å². The molecule has 1 atom stereocenters. The van der Waals surface area contributed by atoms with Crippen molar-refractivity contribution in [3.63, 3.8) is 0 Å². The van der Waals surface area contributed by atoms with Crippen molar-refractivity contribution < 1.29 is 4.79 Å². The van der Waals surface area contributed by atoms with E-state index in [0.29, 0.717) is 18.7 Å². The highest BCUT2D eigenvalue weighted by Crippen LogP contribution is 2.21. The van der Waals surface area contributed by atoms with Crippen LogP contribution in [0.2, 0.25) is 0 Å². The van der Waals surface area contributed by atoms with Gasteiger partial charge in [-0.2, -0.15) is 0 Å². The first-order valence-corrected chi connectivity index (χ1v) is 8.54. The highest BCUT2D eigenvalue weighted by Gasteiger charge is 2.15. The van der Waals surface area contributed by atoms with Crippen molar-refractivity contribution >= 4 is 34.2 Å². The van der Waals surface area contributed by atoms with Gasteiger partial charge in [0.2, 0.25) is 0 Å². The number of hydrogen-bond donors (Lipinski definition) is 2. The van der Waals surface area contributed by atoms with E-state index in [2.05, 4.69) is 27.0 Å². The zero-order valence-electron chi connectivity index (χ0n) is 13.7. The molecular weight excluding hydrogens is 330 g/mol. The number of aryl methyl sites for hydroxylation is 1. The number of benzene rings is 1. The molecule has 1 amide bonds. The smallest absolute Gasteiger partial charge is 0.302 e.